The summed E-state index contributed by atoms with van der Waals surface area (Å²) in [6, 6.07) is 10.7. The maximum absolute atomic E-state index is 12.7. The van der Waals surface area contributed by atoms with Crippen molar-refractivity contribution >= 4 is 17.6 Å². The van der Waals surface area contributed by atoms with E-state index in [1.54, 1.807) is 11.9 Å². The fourth-order valence-electron chi connectivity index (χ4n) is 5.00. The number of amides is 1. The molecule has 0 unspecified atom stereocenters. The van der Waals surface area contributed by atoms with Gasteiger partial charge in [-0.2, -0.15) is 0 Å². The lowest BCUT2D eigenvalue weighted by molar-refractivity contribution is -0.138. The second kappa shape index (κ2) is 12.1. The molecule has 2 aliphatic rings. The minimum Gasteiger partial charge on any atom is -0.369 e. The number of para-hydroxylation sites is 1. The summed E-state index contributed by atoms with van der Waals surface area (Å²) in [5, 5.41) is 6.86. The quantitative estimate of drug-likeness (QED) is 0.349. The minimum atomic E-state index is -0.275. The topological polar surface area (TPSA) is 63.2 Å². The number of guanidine groups is 1. The van der Waals surface area contributed by atoms with E-state index in [0.29, 0.717) is 6.54 Å². The number of piperazine rings is 1. The van der Waals surface area contributed by atoms with Crippen molar-refractivity contribution in [3.05, 3.63) is 30.3 Å². The van der Waals surface area contributed by atoms with Crippen molar-refractivity contribution in [2.75, 3.05) is 71.9 Å². The van der Waals surface area contributed by atoms with Crippen LogP contribution in [0.15, 0.2) is 35.3 Å². The number of hydrogen-bond acceptors (Lipinski definition) is 4. The van der Waals surface area contributed by atoms with E-state index in [1.165, 1.54) is 12.1 Å². The van der Waals surface area contributed by atoms with Crippen molar-refractivity contribution in [2.45, 2.75) is 38.5 Å². The van der Waals surface area contributed by atoms with E-state index in [4.69, 9.17) is 0 Å². The molecule has 1 aliphatic carbocycles. The molecule has 1 aromatic rings. The summed E-state index contributed by atoms with van der Waals surface area (Å²) in [4.78, 5) is 23.9. The lowest BCUT2D eigenvalue weighted by atomic mass is 9.84. The fraction of sp³-hybridized carbons (Fsp3) is 0.680. The Balaban J connectivity index is 1.31. The summed E-state index contributed by atoms with van der Waals surface area (Å²) in [7, 11) is 5.52. The summed E-state index contributed by atoms with van der Waals surface area (Å²) in [6.45, 7) is 7.18. The number of aliphatic imine (C=N–C) groups is 1. The molecule has 32 heavy (non-hydrogen) atoms. The van der Waals surface area contributed by atoms with Gasteiger partial charge in [-0.1, -0.05) is 31.0 Å². The molecule has 0 spiro atoms. The summed E-state index contributed by atoms with van der Waals surface area (Å²) < 4.78 is 0. The predicted octanol–water partition coefficient (Wildman–Crippen LogP) is 2.40. The van der Waals surface area contributed by atoms with E-state index in [-0.39, 0.29) is 11.3 Å². The van der Waals surface area contributed by atoms with Crippen LogP contribution in [-0.4, -0.2) is 88.6 Å². The standard InChI is InChI=1S/C25H42N6O/c1-26-24(28-21-25(13-7-8-14-25)23(32)29(2)3)27-15-9-10-16-30-17-19-31(20-18-30)22-11-5-4-6-12-22/h4-6,11-12H,7-10,13-21H2,1-3H3,(H2,26,27,28). The molecule has 2 fully saturated rings. The van der Waals surface area contributed by atoms with Gasteiger partial charge in [-0.25, -0.2) is 0 Å². The second-order valence-electron chi connectivity index (χ2n) is 9.41. The van der Waals surface area contributed by atoms with Crippen molar-refractivity contribution in [3.8, 4) is 0 Å². The van der Waals surface area contributed by atoms with Gasteiger partial charge in [0.1, 0.15) is 0 Å². The van der Waals surface area contributed by atoms with Crippen molar-refractivity contribution in [1.29, 1.82) is 0 Å². The Bertz CT molecular complexity index is 721. The molecule has 1 saturated heterocycles. The number of nitrogens with one attached hydrogen (secondary N) is 2. The van der Waals surface area contributed by atoms with Crippen LogP contribution in [0.2, 0.25) is 0 Å². The van der Waals surface area contributed by atoms with Gasteiger partial charge in [-0.05, 0) is 44.4 Å². The number of carbonyl (C=O) groups excluding carboxylic acids is 1. The van der Waals surface area contributed by atoms with Gasteiger partial charge in [0.05, 0.1) is 5.41 Å². The summed E-state index contributed by atoms with van der Waals surface area (Å²) in [5.74, 6) is 1.05. The second-order valence-corrected chi connectivity index (χ2v) is 9.41. The van der Waals surface area contributed by atoms with Crippen LogP contribution in [0.25, 0.3) is 0 Å². The van der Waals surface area contributed by atoms with Crippen molar-refractivity contribution in [3.63, 3.8) is 0 Å². The van der Waals surface area contributed by atoms with Crippen molar-refractivity contribution in [2.24, 2.45) is 10.4 Å². The Hall–Kier alpha value is -2.28. The first-order valence-electron chi connectivity index (χ1n) is 12.2. The molecule has 0 atom stereocenters. The van der Waals surface area contributed by atoms with Crippen LogP contribution in [0.1, 0.15) is 38.5 Å². The molecule has 1 heterocycles. The smallest absolute Gasteiger partial charge is 0.230 e. The van der Waals surface area contributed by atoms with Gasteiger partial charge in [0, 0.05) is 66.1 Å². The molecule has 3 rings (SSSR count). The Labute approximate surface area is 194 Å². The summed E-state index contributed by atoms with van der Waals surface area (Å²) >= 11 is 0. The Morgan fingerprint density at radius 2 is 1.72 bits per heavy atom. The zero-order chi connectivity index (χ0) is 22.8. The van der Waals surface area contributed by atoms with Gasteiger partial charge in [0.15, 0.2) is 5.96 Å². The molecule has 1 saturated carbocycles. The Kier molecular flexibility index (Phi) is 9.21. The van der Waals surface area contributed by atoms with Crippen LogP contribution in [0.5, 0.6) is 0 Å². The average molecular weight is 443 g/mol. The first-order valence-corrected chi connectivity index (χ1v) is 12.2. The molecular weight excluding hydrogens is 400 g/mol. The average Bonchev–Trinajstić information content (AvgIpc) is 3.31. The van der Waals surface area contributed by atoms with E-state index in [0.717, 1.165) is 77.3 Å². The van der Waals surface area contributed by atoms with Gasteiger partial charge in [-0.15, -0.1) is 0 Å². The summed E-state index contributed by atoms with van der Waals surface area (Å²) in [6.07, 6.45) is 6.48. The number of benzene rings is 1. The third-order valence-corrected chi connectivity index (χ3v) is 6.93. The Morgan fingerprint density at radius 1 is 1.03 bits per heavy atom. The van der Waals surface area contributed by atoms with Crippen molar-refractivity contribution < 1.29 is 4.79 Å². The van der Waals surface area contributed by atoms with E-state index < -0.39 is 0 Å². The largest absolute Gasteiger partial charge is 0.369 e. The fourth-order valence-corrected chi connectivity index (χ4v) is 5.00. The number of rotatable bonds is 9. The summed E-state index contributed by atoms with van der Waals surface area (Å²) in [5.41, 5.74) is 1.06. The normalized spacial score (nSPS) is 19.1. The maximum Gasteiger partial charge on any atom is 0.230 e. The Morgan fingerprint density at radius 3 is 2.34 bits per heavy atom. The van der Waals surface area contributed by atoms with Crippen LogP contribution in [0.3, 0.4) is 0 Å². The molecule has 0 radical (unpaired) electrons. The zero-order valence-corrected chi connectivity index (χ0v) is 20.3. The van der Waals surface area contributed by atoms with Gasteiger partial charge < -0.3 is 20.4 Å². The van der Waals surface area contributed by atoms with E-state index in [1.807, 2.05) is 14.1 Å². The van der Waals surface area contributed by atoms with Gasteiger partial charge in [0.2, 0.25) is 5.91 Å². The van der Waals surface area contributed by atoms with Crippen LogP contribution in [0.4, 0.5) is 5.69 Å². The van der Waals surface area contributed by atoms with E-state index in [2.05, 4.69) is 55.8 Å². The highest BCUT2D eigenvalue weighted by Crippen LogP contribution is 2.38. The molecule has 1 aliphatic heterocycles. The van der Waals surface area contributed by atoms with Crippen LogP contribution in [-0.2, 0) is 4.79 Å². The molecule has 1 amide bonds. The predicted molar refractivity (Wildman–Crippen MR) is 133 cm³/mol. The first-order chi connectivity index (χ1) is 15.5. The highest BCUT2D eigenvalue weighted by molar-refractivity contribution is 5.85. The van der Waals surface area contributed by atoms with E-state index in [9.17, 15) is 4.79 Å². The van der Waals surface area contributed by atoms with Crippen LogP contribution < -0.4 is 15.5 Å². The first kappa shape index (κ1) is 24.4. The molecule has 178 valence electrons. The number of nitrogens with zero attached hydrogens (tertiary/aromatic N) is 4. The molecule has 2 N–H and O–H groups in total. The lowest BCUT2D eigenvalue weighted by Crippen LogP contribution is -2.49. The number of hydrogen-bond donors (Lipinski definition) is 2. The minimum absolute atomic E-state index is 0.241. The molecule has 0 aromatic heterocycles. The third-order valence-electron chi connectivity index (χ3n) is 6.93. The zero-order valence-electron chi connectivity index (χ0n) is 20.3. The van der Waals surface area contributed by atoms with E-state index >= 15 is 0 Å². The number of carbonyl (C=O) groups is 1. The molecule has 7 nitrogen and oxygen atoms in total. The van der Waals surface area contributed by atoms with Gasteiger partial charge in [-0.3, -0.25) is 14.7 Å². The highest BCUT2D eigenvalue weighted by Gasteiger charge is 2.42. The van der Waals surface area contributed by atoms with Gasteiger partial charge >= 0.3 is 0 Å². The van der Waals surface area contributed by atoms with Crippen LogP contribution in [0, 0.1) is 5.41 Å². The monoisotopic (exact) mass is 442 g/mol. The highest BCUT2D eigenvalue weighted by atomic mass is 16.2. The number of unbranched alkanes of at least 4 members (excludes halogenated alkanes) is 1. The molecule has 0 bridgehead atoms. The van der Waals surface area contributed by atoms with Gasteiger partial charge in [0.25, 0.3) is 0 Å². The SMILES string of the molecule is CN=C(NCCCCN1CCN(c2ccccc2)CC1)NCC1(C(=O)N(C)C)CCCC1. The molecular formula is C25H42N6O. The van der Waals surface area contributed by atoms with Crippen LogP contribution >= 0.6 is 0 Å². The lowest BCUT2D eigenvalue weighted by Gasteiger charge is -2.36. The molecule has 1 aromatic carbocycles. The third kappa shape index (κ3) is 6.61. The molecule has 7 heteroatoms. The maximum atomic E-state index is 12.7. The van der Waals surface area contributed by atoms with Crippen molar-refractivity contribution in [1.82, 2.24) is 20.4 Å². The number of anilines is 1.